The van der Waals surface area contributed by atoms with Gasteiger partial charge in [0, 0.05) is 23.5 Å². The van der Waals surface area contributed by atoms with Gasteiger partial charge in [-0.1, -0.05) is 41.4 Å². The van der Waals surface area contributed by atoms with Crippen LogP contribution in [0.2, 0.25) is 10.0 Å². The van der Waals surface area contributed by atoms with Crippen LogP contribution in [-0.2, 0) is 11.2 Å². The van der Waals surface area contributed by atoms with Crippen molar-refractivity contribution in [1.29, 1.82) is 5.26 Å². The Bertz CT molecular complexity index is 871. The summed E-state index contributed by atoms with van der Waals surface area (Å²) in [5.74, 6) is -0.508. The fourth-order valence-corrected chi connectivity index (χ4v) is 3.03. The van der Waals surface area contributed by atoms with Crippen molar-refractivity contribution in [1.82, 2.24) is 0 Å². The topological polar surface area (TPSA) is 56.1 Å². The zero-order valence-electron chi connectivity index (χ0n) is 12.6. The normalized spacial score (nSPS) is 13.4. The van der Waals surface area contributed by atoms with E-state index in [9.17, 15) is 10.1 Å². The molecule has 4 nitrogen and oxygen atoms in total. The van der Waals surface area contributed by atoms with Crippen LogP contribution in [-0.4, -0.2) is 12.5 Å². The van der Waals surface area contributed by atoms with Gasteiger partial charge in [0.05, 0.1) is 10.7 Å². The van der Waals surface area contributed by atoms with Gasteiger partial charge in [-0.3, -0.25) is 4.79 Å². The molecule has 1 aliphatic heterocycles. The van der Waals surface area contributed by atoms with Gasteiger partial charge in [-0.05, 0) is 36.2 Å². The minimum atomic E-state index is -0.508. The summed E-state index contributed by atoms with van der Waals surface area (Å²) in [4.78, 5) is 14.3. The number of fused-ring (bicyclic) bond motifs is 1. The monoisotopic (exact) mass is 357 g/mol. The SMILES string of the molecule is N#C/C(=C/N1CCc2ccccc21)C(=O)Nc1ccc(Cl)cc1Cl. The first kappa shape index (κ1) is 16.4. The van der Waals surface area contributed by atoms with E-state index in [1.807, 2.05) is 35.2 Å². The van der Waals surface area contributed by atoms with Gasteiger partial charge in [-0.25, -0.2) is 0 Å². The molecule has 1 heterocycles. The Labute approximate surface area is 149 Å². The van der Waals surface area contributed by atoms with Gasteiger partial charge in [0.15, 0.2) is 0 Å². The number of nitriles is 1. The second-order valence-electron chi connectivity index (χ2n) is 5.30. The Morgan fingerprint density at radius 2 is 2.04 bits per heavy atom. The molecule has 0 atom stereocenters. The summed E-state index contributed by atoms with van der Waals surface area (Å²) in [5.41, 5.74) is 2.64. The third-order valence-electron chi connectivity index (χ3n) is 3.75. The average Bonchev–Trinajstić information content (AvgIpc) is 2.98. The summed E-state index contributed by atoms with van der Waals surface area (Å²) in [6.45, 7) is 0.736. The fraction of sp³-hybridized carbons (Fsp3) is 0.111. The minimum Gasteiger partial charge on any atom is -0.346 e. The highest BCUT2D eigenvalue weighted by atomic mass is 35.5. The third kappa shape index (κ3) is 3.38. The maximum Gasteiger partial charge on any atom is 0.267 e. The van der Waals surface area contributed by atoms with E-state index in [2.05, 4.69) is 5.32 Å². The van der Waals surface area contributed by atoms with Crippen LogP contribution in [0.3, 0.4) is 0 Å². The Balaban J connectivity index is 1.81. The molecule has 0 aliphatic carbocycles. The summed E-state index contributed by atoms with van der Waals surface area (Å²) < 4.78 is 0. The summed E-state index contributed by atoms with van der Waals surface area (Å²) in [5, 5.41) is 12.8. The second kappa shape index (κ2) is 6.96. The summed E-state index contributed by atoms with van der Waals surface area (Å²) in [6, 6.07) is 14.6. The number of para-hydroxylation sites is 1. The molecule has 0 aromatic heterocycles. The number of rotatable bonds is 3. The van der Waals surface area contributed by atoms with Crippen molar-refractivity contribution in [3.05, 3.63) is 69.8 Å². The Kier molecular flexibility index (Phi) is 4.75. The molecule has 0 saturated heterocycles. The summed E-state index contributed by atoms with van der Waals surface area (Å²) >= 11 is 11.9. The molecule has 0 radical (unpaired) electrons. The molecule has 24 heavy (non-hydrogen) atoms. The molecule has 2 aromatic rings. The van der Waals surface area contributed by atoms with Gasteiger partial charge in [-0.15, -0.1) is 0 Å². The molecule has 0 spiro atoms. The van der Waals surface area contributed by atoms with E-state index in [-0.39, 0.29) is 5.57 Å². The zero-order chi connectivity index (χ0) is 17.1. The van der Waals surface area contributed by atoms with Gasteiger partial charge in [0.1, 0.15) is 11.6 Å². The van der Waals surface area contributed by atoms with Crippen LogP contribution >= 0.6 is 23.2 Å². The highest BCUT2D eigenvalue weighted by Crippen LogP contribution is 2.29. The van der Waals surface area contributed by atoms with Crippen LogP contribution in [0.5, 0.6) is 0 Å². The van der Waals surface area contributed by atoms with Crippen LogP contribution in [0.15, 0.2) is 54.2 Å². The van der Waals surface area contributed by atoms with Crippen molar-refractivity contribution < 1.29 is 4.79 Å². The number of hydrogen-bond donors (Lipinski definition) is 1. The predicted molar refractivity (Wildman–Crippen MR) is 96.3 cm³/mol. The zero-order valence-corrected chi connectivity index (χ0v) is 14.1. The quantitative estimate of drug-likeness (QED) is 0.654. The molecule has 0 saturated carbocycles. The molecule has 0 fully saturated rings. The Morgan fingerprint density at radius 1 is 1.25 bits per heavy atom. The largest absolute Gasteiger partial charge is 0.346 e. The van der Waals surface area contributed by atoms with Crippen molar-refractivity contribution in [2.45, 2.75) is 6.42 Å². The van der Waals surface area contributed by atoms with E-state index >= 15 is 0 Å². The highest BCUT2D eigenvalue weighted by Gasteiger charge is 2.19. The number of amides is 1. The first-order valence-electron chi connectivity index (χ1n) is 7.31. The smallest absolute Gasteiger partial charge is 0.267 e. The maximum absolute atomic E-state index is 12.4. The molecule has 2 aromatic carbocycles. The number of carbonyl (C=O) groups is 1. The summed E-state index contributed by atoms with van der Waals surface area (Å²) in [6.07, 6.45) is 2.46. The van der Waals surface area contributed by atoms with Crippen LogP contribution in [0.4, 0.5) is 11.4 Å². The molecule has 1 N–H and O–H groups in total. The van der Waals surface area contributed by atoms with E-state index in [1.54, 1.807) is 18.3 Å². The van der Waals surface area contributed by atoms with Crippen molar-refractivity contribution >= 4 is 40.5 Å². The van der Waals surface area contributed by atoms with E-state index in [4.69, 9.17) is 23.2 Å². The van der Waals surface area contributed by atoms with E-state index in [0.29, 0.717) is 15.7 Å². The number of nitrogens with one attached hydrogen (secondary N) is 1. The number of carbonyl (C=O) groups excluding carboxylic acids is 1. The first-order valence-corrected chi connectivity index (χ1v) is 8.07. The highest BCUT2D eigenvalue weighted by molar-refractivity contribution is 6.36. The lowest BCUT2D eigenvalue weighted by atomic mass is 10.2. The van der Waals surface area contributed by atoms with E-state index < -0.39 is 5.91 Å². The van der Waals surface area contributed by atoms with Crippen LogP contribution in [0.25, 0.3) is 0 Å². The van der Waals surface area contributed by atoms with Gasteiger partial charge in [0.25, 0.3) is 5.91 Å². The van der Waals surface area contributed by atoms with Gasteiger partial charge < -0.3 is 10.2 Å². The number of halogens is 2. The molecule has 3 rings (SSSR count). The number of nitrogens with zero attached hydrogens (tertiary/aromatic N) is 2. The number of anilines is 2. The van der Waals surface area contributed by atoms with Crippen LogP contribution in [0.1, 0.15) is 5.56 Å². The van der Waals surface area contributed by atoms with Gasteiger partial charge in [0.2, 0.25) is 0 Å². The molecule has 120 valence electrons. The lowest BCUT2D eigenvalue weighted by Gasteiger charge is -2.15. The molecular formula is C18H13Cl2N3O. The van der Waals surface area contributed by atoms with Gasteiger partial charge in [-0.2, -0.15) is 5.26 Å². The lowest BCUT2D eigenvalue weighted by Crippen LogP contribution is -2.19. The van der Waals surface area contributed by atoms with E-state index in [0.717, 1.165) is 18.7 Å². The number of hydrogen-bond acceptors (Lipinski definition) is 3. The molecule has 6 heteroatoms. The first-order chi connectivity index (χ1) is 11.6. The molecule has 1 aliphatic rings. The molecule has 1 amide bonds. The fourth-order valence-electron chi connectivity index (χ4n) is 2.57. The van der Waals surface area contributed by atoms with Crippen molar-refractivity contribution in [3.8, 4) is 6.07 Å². The Morgan fingerprint density at radius 3 is 2.79 bits per heavy atom. The predicted octanol–water partition coefficient (Wildman–Crippen LogP) is 4.40. The van der Waals surface area contributed by atoms with Gasteiger partial charge >= 0.3 is 0 Å². The summed E-state index contributed by atoms with van der Waals surface area (Å²) in [7, 11) is 0. The second-order valence-corrected chi connectivity index (χ2v) is 6.15. The van der Waals surface area contributed by atoms with Crippen molar-refractivity contribution in [2.75, 3.05) is 16.8 Å². The molecule has 0 unspecified atom stereocenters. The standard InChI is InChI=1S/C18H13Cl2N3O/c19-14-5-6-16(15(20)9-14)22-18(24)13(10-21)11-23-8-7-12-3-1-2-4-17(12)23/h1-6,9,11H,7-8H2,(H,22,24)/b13-11-. The maximum atomic E-state index is 12.4. The number of benzene rings is 2. The van der Waals surface area contributed by atoms with Crippen LogP contribution < -0.4 is 10.2 Å². The van der Waals surface area contributed by atoms with Crippen molar-refractivity contribution in [3.63, 3.8) is 0 Å². The van der Waals surface area contributed by atoms with Crippen molar-refractivity contribution in [2.24, 2.45) is 0 Å². The lowest BCUT2D eigenvalue weighted by molar-refractivity contribution is -0.112. The van der Waals surface area contributed by atoms with E-state index in [1.165, 1.54) is 11.6 Å². The van der Waals surface area contributed by atoms with Crippen LogP contribution in [0, 0.1) is 11.3 Å². The third-order valence-corrected chi connectivity index (χ3v) is 4.30. The molecular weight excluding hydrogens is 345 g/mol. The molecule has 0 bridgehead atoms. The Hall–Kier alpha value is -2.48. The average molecular weight is 358 g/mol. The minimum absolute atomic E-state index is 0.0118.